The van der Waals surface area contributed by atoms with Crippen molar-refractivity contribution in [1.82, 2.24) is 9.97 Å². The Bertz CT molecular complexity index is 646. The van der Waals surface area contributed by atoms with Gasteiger partial charge in [0.2, 0.25) is 0 Å². The van der Waals surface area contributed by atoms with Crippen LogP contribution in [-0.2, 0) is 9.53 Å². The first-order valence-corrected chi connectivity index (χ1v) is 7.55. The fraction of sp³-hybridized carbons (Fsp3) is 0.400. The molecule has 0 aromatic carbocycles. The maximum absolute atomic E-state index is 11.9. The lowest BCUT2D eigenvalue weighted by Gasteiger charge is -2.20. The van der Waals surface area contributed by atoms with Crippen molar-refractivity contribution in [3.8, 4) is 0 Å². The van der Waals surface area contributed by atoms with Gasteiger partial charge in [0, 0.05) is 16.9 Å². The van der Waals surface area contributed by atoms with Crippen LogP contribution in [0.25, 0.3) is 11.0 Å². The third-order valence-corrected chi connectivity index (χ3v) is 3.50. The van der Waals surface area contributed by atoms with Crippen molar-refractivity contribution in [3.05, 3.63) is 29.0 Å². The molecule has 0 radical (unpaired) electrons. The molecule has 112 valence electrons. The van der Waals surface area contributed by atoms with E-state index in [0.29, 0.717) is 12.3 Å². The minimum absolute atomic E-state index is 0.272. The van der Waals surface area contributed by atoms with E-state index in [4.69, 9.17) is 4.74 Å². The van der Waals surface area contributed by atoms with Gasteiger partial charge >= 0.3 is 5.97 Å². The summed E-state index contributed by atoms with van der Waals surface area (Å²) in [7, 11) is 1.40. The largest absolute Gasteiger partial charge is 0.467 e. The maximum Gasteiger partial charge on any atom is 0.328 e. The molecule has 0 saturated heterocycles. The number of esters is 1. The van der Waals surface area contributed by atoms with Gasteiger partial charge in [-0.15, -0.1) is 0 Å². The van der Waals surface area contributed by atoms with Gasteiger partial charge in [-0.05, 0) is 40.4 Å². The molecule has 2 aromatic rings. The van der Waals surface area contributed by atoms with Crippen LogP contribution < -0.4 is 5.32 Å². The first-order valence-electron chi connectivity index (χ1n) is 6.76. The molecule has 0 amide bonds. The van der Waals surface area contributed by atoms with Crippen molar-refractivity contribution < 1.29 is 9.53 Å². The Kier molecular flexibility index (Phi) is 5.12. The van der Waals surface area contributed by atoms with Gasteiger partial charge in [-0.25, -0.2) is 4.79 Å². The summed E-state index contributed by atoms with van der Waals surface area (Å²) in [4.78, 5) is 20.6. The van der Waals surface area contributed by atoms with E-state index in [1.807, 2.05) is 12.1 Å². The van der Waals surface area contributed by atoms with Crippen molar-refractivity contribution in [1.29, 1.82) is 0 Å². The number of pyridine rings is 2. The average molecular weight is 352 g/mol. The number of rotatable bonds is 5. The molecule has 1 N–H and O–H groups in total. The normalized spacial score (nSPS) is 12.4. The third kappa shape index (κ3) is 3.91. The number of nitrogens with one attached hydrogen (secondary N) is 1. The van der Waals surface area contributed by atoms with Crippen molar-refractivity contribution in [3.63, 3.8) is 0 Å². The number of hydrogen-bond donors (Lipinski definition) is 1. The van der Waals surface area contributed by atoms with E-state index in [-0.39, 0.29) is 5.97 Å². The molecule has 5 nitrogen and oxygen atoms in total. The summed E-state index contributed by atoms with van der Waals surface area (Å²) in [6.45, 7) is 4.13. The van der Waals surface area contributed by atoms with Crippen LogP contribution in [0.4, 0.5) is 5.69 Å². The van der Waals surface area contributed by atoms with E-state index in [1.54, 1.807) is 12.4 Å². The van der Waals surface area contributed by atoms with E-state index < -0.39 is 6.04 Å². The van der Waals surface area contributed by atoms with E-state index in [2.05, 4.69) is 45.1 Å². The zero-order chi connectivity index (χ0) is 15.4. The number of halogens is 1. The lowest BCUT2D eigenvalue weighted by atomic mass is 10.0. The van der Waals surface area contributed by atoms with E-state index in [1.165, 1.54) is 7.11 Å². The molecule has 0 bridgehead atoms. The summed E-state index contributed by atoms with van der Waals surface area (Å²) in [6.07, 6.45) is 4.10. The second-order valence-electron chi connectivity index (χ2n) is 5.23. The van der Waals surface area contributed by atoms with Gasteiger partial charge in [0.25, 0.3) is 0 Å². The fourth-order valence-corrected chi connectivity index (χ4v) is 2.46. The third-order valence-electron chi connectivity index (χ3n) is 3.07. The molecule has 0 spiro atoms. The number of fused-ring (bicyclic) bond motifs is 1. The minimum atomic E-state index is -0.397. The molecule has 1 unspecified atom stereocenters. The molecule has 6 heteroatoms. The predicted octanol–water partition coefficient (Wildman–Crippen LogP) is 3.39. The van der Waals surface area contributed by atoms with Gasteiger partial charge in [-0.2, -0.15) is 0 Å². The zero-order valence-electron chi connectivity index (χ0n) is 12.3. The number of carbonyl (C=O) groups excluding carboxylic acids is 1. The Morgan fingerprint density at radius 1 is 1.43 bits per heavy atom. The van der Waals surface area contributed by atoms with E-state index in [9.17, 15) is 4.79 Å². The van der Waals surface area contributed by atoms with E-state index >= 15 is 0 Å². The SMILES string of the molecule is COC(=O)C(CC(C)C)Nc1ccnc2cc(Br)cnc12. The molecule has 0 aliphatic rings. The van der Waals surface area contributed by atoms with Gasteiger partial charge in [0.1, 0.15) is 11.6 Å². The monoisotopic (exact) mass is 351 g/mol. The number of anilines is 1. The Labute approximate surface area is 132 Å². The molecule has 2 heterocycles. The maximum atomic E-state index is 11.9. The summed E-state index contributed by atoms with van der Waals surface area (Å²) in [5, 5.41) is 3.23. The van der Waals surface area contributed by atoms with Crippen molar-refractivity contribution in [2.45, 2.75) is 26.3 Å². The highest BCUT2D eigenvalue weighted by Crippen LogP contribution is 2.23. The standard InChI is InChI=1S/C15H18BrN3O2/c1-9(2)6-13(15(20)21-3)19-11-4-5-17-12-7-10(16)8-18-14(11)12/h4-5,7-9,13H,6H2,1-3H3,(H,17,19). The lowest BCUT2D eigenvalue weighted by Crippen LogP contribution is -2.32. The lowest BCUT2D eigenvalue weighted by molar-refractivity contribution is -0.141. The van der Waals surface area contributed by atoms with Gasteiger partial charge in [0.15, 0.2) is 0 Å². The topological polar surface area (TPSA) is 64.1 Å². The van der Waals surface area contributed by atoms with Crippen LogP contribution in [0, 0.1) is 5.92 Å². The summed E-state index contributed by atoms with van der Waals surface area (Å²) < 4.78 is 5.74. The molecular weight excluding hydrogens is 334 g/mol. The number of aromatic nitrogens is 2. The number of hydrogen-bond acceptors (Lipinski definition) is 5. The van der Waals surface area contributed by atoms with Crippen LogP contribution in [0.2, 0.25) is 0 Å². The fourth-order valence-electron chi connectivity index (χ4n) is 2.14. The highest BCUT2D eigenvalue weighted by Gasteiger charge is 2.21. The van der Waals surface area contributed by atoms with Crippen LogP contribution >= 0.6 is 15.9 Å². The summed E-state index contributed by atoms with van der Waals surface area (Å²) >= 11 is 3.38. The first-order chi connectivity index (χ1) is 10.0. The van der Waals surface area contributed by atoms with Gasteiger partial charge in [-0.1, -0.05) is 13.8 Å². The molecule has 2 aromatic heterocycles. The summed E-state index contributed by atoms with van der Waals surface area (Å²) in [6, 6.07) is 3.31. The molecular formula is C15H18BrN3O2. The molecule has 2 rings (SSSR count). The predicted molar refractivity (Wildman–Crippen MR) is 86.1 cm³/mol. The van der Waals surface area contributed by atoms with Crippen molar-refractivity contribution >= 4 is 38.6 Å². The number of ether oxygens (including phenoxy) is 1. The summed E-state index contributed by atoms with van der Waals surface area (Å²) in [5.74, 6) is 0.0996. The van der Waals surface area contributed by atoms with Crippen LogP contribution in [0.15, 0.2) is 29.0 Å². The van der Waals surface area contributed by atoms with Crippen LogP contribution in [0.3, 0.4) is 0 Å². The minimum Gasteiger partial charge on any atom is -0.467 e. The molecule has 0 fully saturated rings. The van der Waals surface area contributed by atoms with Gasteiger partial charge < -0.3 is 10.1 Å². The highest BCUT2D eigenvalue weighted by atomic mass is 79.9. The Morgan fingerprint density at radius 3 is 2.86 bits per heavy atom. The summed E-state index contributed by atoms with van der Waals surface area (Å²) in [5.41, 5.74) is 2.28. The van der Waals surface area contributed by atoms with Crippen molar-refractivity contribution in [2.75, 3.05) is 12.4 Å². The van der Waals surface area contributed by atoms with E-state index in [0.717, 1.165) is 21.2 Å². The highest BCUT2D eigenvalue weighted by molar-refractivity contribution is 9.10. The molecule has 21 heavy (non-hydrogen) atoms. The number of carbonyl (C=O) groups is 1. The Balaban J connectivity index is 2.34. The molecule has 0 aliphatic carbocycles. The molecule has 0 saturated carbocycles. The number of methoxy groups -OCH3 is 1. The van der Waals surface area contributed by atoms with Gasteiger partial charge in [-0.3, -0.25) is 9.97 Å². The quantitative estimate of drug-likeness (QED) is 0.836. The first kappa shape index (κ1) is 15.7. The Hall–Kier alpha value is -1.69. The zero-order valence-corrected chi connectivity index (χ0v) is 13.8. The van der Waals surface area contributed by atoms with Crippen LogP contribution in [0.1, 0.15) is 20.3 Å². The van der Waals surface area contributed by atoms with Crippen LogP contribution in [-0.4, -0.2) is 29.1 Å². The second-order valence-corrected chi connectivity index (χ2v) is 6.15. The second kappa shape index (κ2) is 6.85. The Morgan fingerprint density at radius 2 is 2.19 bits per heavy atom. The van der Waals surface area contributed by atoms with Gasteiger partial charge in [0.05, 0.1) is 18.3 Å². The number of nitrogens with zero attached hydrogens (tertiary/aromatic N) is 2. The molecule has 1 atom stereocenters. The molecule has 0 aliphatic heterocycles. The van der Waals surface area contributed by atoms with Crippen molar-refractivity contribution in [2.24, 2.45) is 5.92 Å². The average Bonchev–Trinajstić information content (AvgIpc) is 2.45. The van der Waals surface area contributed by atoms with Crippen LogP contribution in [0.5, 0.6) is 0 Å². The smallest absolute Gasteiger partial charge is 0.328 e.